The van der Waals surface area contributed by atoms with Gasteiger partial charge >= 0.3 is 5.97 Å². The van der Waals surface area contributed by atoms with Crippen molar-refractivity contribution in [2.45, 2.75) is 26.4 Å². The highest BCUT2D eigenvalue weighted by atomic mass is 19.1. The Bertz CT molecular complexity index is 791. The van der Waals surface area contributed by atoms with Crippen molar-refractivity contribution in [2.24, 2.45) is 16.3 Å². The maximum Gasteiger partial charge on any atom is 0.323 e. The average molecular weight is 352 g/mol. The quantitative estimate of drug-likeness (QED) is 0.797. The summed E-state index contributed by atoms with van der Waals surface area (Å²) in [7, 11) is 0. The first-order chi connectivity index (χ1) is 11.6. The predicted molar refractivity (Wildman–Crippen MR) is 86.7 cm³/mol. The second-order valence-electron chi connectivity index (χ2n) is 7.08. The number of Topliss-reactive ketones (excluding diaryl/α,β-unsaturated/α-hetero) is 1. The van der Waals surface area contributed by atoms with E-state index in [1.54, 1.807) is 4.90 Å². The molecule has 2 aliphatic heterocycles. The molecule has 25 heavy (non-hydrogen) atoms. The summed E-state index contributed by atoms with van der Waals surface area (Å²) in [5.74, 6) is -6.99. The van der Waals surface area contributed by atoms with E-state index in [0.717, 1.165) is 0 Å². The zero-order valence-corrected chi connectivity index (χ0v) is 13.8. The molecule has 1 aromatic carbocycles. The van der Waals surface area contributed by atoms with E-state index in [4.69, 9.17) is 5.11 Å². The Morgan fingerprint density at radius 2 is 2.04 bits per heavy atom. The molecule has 2 N–H and O–H groups in total. The molecule has 0 spiro atoms. The third-order valence-corrected chi connectivity index (χ3v) is 4.84. The number of aliphatic hydroxyl groups excluding tert-OH is 1. The second kappa shape index (κ2) is 5.87. The first-order valence-electron chi connectivity index (χ1n) is 7.90. The summed E-state index contributed by atoms with van der Waals surface area (Å²) >= 11 is 0. The number of carbonyl (C=O) groups is 2. The van der Waals surface area contributed by atoms with Gasteiger partial charge in [0.2, 0.25) is 5.97 Å². The maximum absolute atomic E-state index is 14.9. The summed E-state index contributed by atoms with van der Waals surface area (Å²) < 4.78 is 28.8. The number of anilines is 1. The molecule has 1 aromatic rings. The summed E-state index contributed by atoms with van der Waals surface area (Å²) in [6, 6.07) is 2.65. The lowest BCUT2D eigenvalue weighted by atomic mass is 9.81. The number of aliphatic hydroxyl groups is 1. The number of nitrogens with zero attached hydrogens (tertiary/aromatic N) is 2. The van der Waals surface area contributed by atoms with Crippen molar-refractivity contribution in [2.75, 3.05) is 18.0 Å². The van der Waals surface area contributed by atoms with Crippen LogP contribution >= 0.6 is 0 Å². The standard InChI is InChI=1S/C17H18F2N2O4/c1-17(2)7-21(6-5-10(17)22)9-4-3-8-13(12(9)18)20-15(19)11(14(8)23)16(24)25/h3-4,10-11,22H,5-7H2,1-2H3,(H,24,25). The molecular weight excluding hydrogens is 334 g/mol. The summed E-state index contributed by atoms with van der Waals surface area (Å²) in [5.41, 5.74) is -1.02. The van der Waals surface area contributed by atoms with Crippen LogP contribution in [0.3, 0.4) is 0 Å². The van der Waals surface area contributed by atoms with Gasteiger partial charge in [0.05, 0.1) is 11.8 Å². The van der Waals surface area contributed by atoms with Crippen molar-refractivity contribution in [3.8, 4) is 0 Å². The topological polar surface area (TPSA) is 90.2 Å². The van der Waals surface area contributed by atoms with Crippen molar-refractivity contribution >= 4 is 29.1 Å². The number of carboxylic acids is 1. The van der Waals surface area contributed by atoms with Crippen molar-refractivity contribution in [1.82, 2.24) is 0 Å². The van der Waals surface area contributed by atoms with Crippen molar-refractivity contribution in [3.05, 3.63) is 23.5 Å². The smallest absolute Gasteiger partial charge is 0.323 e. The molecule has 3 rings (SSSR count). The number of carboxylic acid groups (broad SMARTS) is 1. The van der Waals surface area contributed by atoms with Gasteiger partial charge in [-0.2, -0.15) is 4.39 Å². The molecule has 8 heteroatoms. The molecule has 134 valence electrons. The largest absolute Gasteiger partial charge is 0.480 e. The monoisotopic (exact) mass is 352 g/mol. The number of hydrogen-bond donors (Lipinski definition) is 2. The Kier molecular flexibility index (Phi) is 4.10. The molecule has 1 fully saturated rings. The summed E-state index contributed by atoms with van der Waals surface area (Å²) in [5, 5.41) is 19.0. The van der Waals surface area contributed by atoms with Crippen LogP contribution in [0.2, 0.25) is 0 Å². The zero-order chi connectivity index (χ0) is 18.5. The molecular formula is C17H18F2N2O4. The molecule has 2 unspecified atom stereocenters. The van der Waals surface area contributed by atoms with Crippen LogP contribution in [-0.4, -0.2) is 47.1 Å². The number of rotatable bonds is 2. The third-order valence-electron chi connectivity index (χ3n) is 4.84. The molecule has 2 atom stereocenters. The second-order valence-corrected chi connectivity index (χ2v) is 7.08. The molecule has 0 amide bonds. The van der Waals surface area contributed by atoms with Crippen LogP contribution in [-0.2, 0) is 4.79 Å². The van der Waals surface area contributed by atoms with Crippen LogP contribution in [0, 0.1) is 17.2 Å². The first-order valence-corrected chi connectivity index (χ1v) is 7.90. The fraction of sp³-hybridized carbons (Fsp3) is 0.471. The van der Waals surface area contributed by atoms with Crippen LogP contribution in [0.5, 0.6) is 0 Å². The lowest BCUT2D eigenvalue weighted by Gasteiger charge is -2.43. The minimum Gasteiger partial charge on any atom is -0.480 e. The minimum atomic E-state index is -2.03. The highest BCUT2D eigenvalue weighted by Crippen LogP contribution is 2.39. The van der Waals surface area contributed by atoms with E-state index in [1.807, 2.05) is 13.8 Å². The number of halogens is 2. The zero-order valence-electron chi connectivity index (χ0n) is 13.8. The number of hydrogen-bond acceptors (Lipinski definition) is 5. The SMILES string of the molecule is CC1(C)CN(c2ccc3c(c2F)N=C(F)C(C(=O)O)C3=O)CCC1O. The van der Waals surface area contributed by atoms with Crippen molar-refractivity contribution in [1.29, 1.82) is 0 Å². The molecule has 0 bridgehead atoms. The lowest BCUT2D eigenvalue weighted by Crippen LogP contribution is -2.49. The molecule has 0 saturated carbocycles. The van der Waals surface area contributed by atoms with Gasteiger partial charge in [0.1, 0.15) is 5.69 Å². The molecule has 1 saturated heterocycles. The third kappa shape index (κ3) is 2.80. The van der Waals surface area contributed by atoms with Gasteiger partial charge in [-0.1, -0.05) is 13.8 Å². The highest BCUT2D eigenvalue weighted by molar-refractivity contribution is 6.25. The highest BCUT2D eigenvalue weighted by Gasteiger charge is 2.40. The van der Waals surface area contributed by atoms with E-state index in [9.17, 15) is 23.5 Å². The fourth-order valence-electron chi connectivity index (χ4n) is 3.31. The van der Waals surface area contributed by atoms with Crippen molar-refractivity contribution in [3.63, 3.8) is 0 Å². The van der Waals surface area contributed by atoms with Crippen LogP contribution in [0.15, 0.2) is 17.1 Å². The van der Waals surface area contributed by atoms with Crippen LogP contribution in [0.25, 0.3) is 0 Å². The molecule has 0 aromatic heterocycles. The van der Waals surface area contributed by atoms with E-state index in [0.29, 0.717) is 19.5 Å². The van der Waals surface area contributed by atoms with E-state index in [-0.39, 0.29) is 11.3 Å². The van der Waals surface area contributed by atoms with E-state index in [2.05, 4.69) is 4.99 Å². The number of aliphatic imine (C=N–C) groups is 1. The van der Waals surface area contributed by atoms with Crippen molar-refractivity contribution < 1.29 is 28.6 Å². The van der Waals surface area contributed by atoms with Gasteiger partial charge < -0.3 is 15.1 Å². The van der Waals surface area contributed by atoms with Gasteiger partial charge in [0, 0.05) is 24.1 Å². The molecule has 2 heterocycles. The number of fused-ring (bicyclic) bond motifs is 1. The number of aliphatic carboxylic acids is 1. The number of carbonyl (C=O) groups excluding carboxylic acids is 1. The Balaban J connectivity index is 2.02. The van der Waals surface area contributed by atoms with Gasteiger partial charge in [-0.25, -0.2) is 9.38 Å². The van der Waals surface area contributed by atoms with Crippen LogP contribution in [0.4, 0.5) is 20.2 Å². The van der Waals surface area contributed by atoms with Crippen LogP contribution < -0.4 is 4.90 Å². The average Bonchev–Trinajstić information content (AvgIpc) is 2.51. The summed E-state index contributed by atoms with van der Waals surface area (Å²) in [6.45, 7) is 4.50. The maximum atomic E-state index is 14.9. The lowest BCUT2D eigenvalue weighted by molar-refractivity contribution is -0.138. The molecule has 0 aliphatic carbocycles. The molecule has 2 aliphatic rings. The Morgan fingerprint density at radius 1 is 1.36 bits per heavy atom. The van der Waals surface area contributed by atoms with E-state index < -0.39 is 46.7 Å². The van der Waals surface area contributed by atoms with E-state index in [1.165, 1.54) is 12.1 Å². The van der Waals surface area contributed by atoms with E-state index >= 15 is 0 Å². The Hall–Kier alpha value is -2.35. The summed E-state index contributed by atoms with van der Waals surface area (Å²) in [4.78, 5) is 28.3. The first kappa shape index (κ1) is 17.5. The van der Waals surface area contributed by atoms with Gasteiger partial charge in [-0.15, -0.1) is 0 Å². The number of piperidine rings is 1. The Labute approximate surface area is 142 Å². The minimum absolute atomic E-state index is 0.150. The molecule has 0 radical (unpaired) electrons. The normalized spacial score (nSPS) is 25.4. The van der Waals surface area contributed by atoms with Gasteiger partial charge in [0.15, 0.2) is 17.5 Å². The van der Waals surface area contributed by atoms with Gasteiger partial charge in [-0.3, -0.25) is 9.59 Å². The predicted octanol–water partition coefficient (Wildman–Crippen LogP) is 2.32. The molecule has 6 nitrogen and oxygen atoms in total. The van der Waals surface area contributed by atoms with Crippen LogP contribution in [0.1, 0.15) is 30.6 Å². The fourth-order valence-corrected chi connectivity index (χ4v) is 3.31. The Morgan fingerprint density at radius 3 is 2.64 bits per heavy atom. The van der Waals surface area contributed by atoms with Gasteiger partial charge in [-0.05, 0) is 18.6 Å². The number of ketones is 1. The number of benzene rings is 1. The van der Waals surface area contributed by atoms with Gasteiger partial charge in [0.25, 0.3) is 0 Å². The summed E-state index contributed by atoms with van der Waals surface area (Å²) in [6.07, 6.45) is -0.0703.